The highest BCUT2D eigenvalue weighted by molar-refractivity contribution is 5.78. The molecule has 0 saturated carbocycles. The fourth-order valence-corrected chi connectivity index (χ4v) is 2.85. The number of carbonyl (C=O) groups is 1. The predicted molar refractivity (Wildman–Crippen MR) is 99.5 cm³/mol. The van der Waals surface area contributed by atoms with Crippen molar-refractivity contribution in [2.24, 2.45) is 0 Å². The van der Waals surface area contributed by atoms with Gasteiger partial charge in [0.15, 0.2) is 0 Å². The van der Waals surface area contributed by atoms with Crippen LogP contribution in [0.4, 0.5) is 0 Å². The molecule has 3 rings (SSSR count). The van der Waals surface area contributed by atoms with E-state index in [1.807, 2.05) is 67.3 Å². The smallest absolute Gasteiger partial charge is 0.226 e. The molecule has 3 aromatic rings. The Bertz CT molecular complexity index is 793. The van der Waals surface area contributed by atoms with Gasteiger partial charge in [-0.15, -0.1) is 0 Å². The average Bonchev–Trinajstić information content (AvgIpc) is 3.01. The lowest BCUT2D eigenvalue weighted by Gasteiger charge is -2.24. The van der Waals surface area contributed by atoms with Crippen LogP contribution in [0.25, 0.3) is 5.65 Å². The fraction of sp³-hybridized carbons (Fsp3) is 0.300. The molecule has 1 N–H and O–H groups in total. The molecule has 0 spiro atoms. The molecular weight excluding hydrogens is 312 g/mol. The largest absolute Gasteiger partial charge is 0.354 e. The van der Waals surface area contributed by atoms with Crippen molar-refractivity contribution in [3.8, 4) is 0 Å². The molecule has 1 amide bonds. The lowest BCUT2D eigenvalue weighted by Crippen LogP contribution is -2.42. The molecule has 1 unspecified atom stereocenters. The van der Waals surface area contributed by atoms with Gasteiger partial charge in [-0.1, -0.05) is 36.4 Å². The molecule has 130 valence electrons. The van der Waals surface area contributed by atoms with Crippen LogP contribution in [0.15, 0.2) is 60.9 Å². The number of aromatic nitrogens is 2. The SMILES string of the molecule is CN(C)C(CNC(=O)Cc1cn2ccccc2n1)Cc1ccccc1. The molecule has 0 radical (unpaired) electrons. The molecule has 0 aliphatic heterocycles. The van der Waals surface area contributed by atoms with Crippen LogP contribution in [0.1, 0.15) is 11.3 Å². The number of hydrogen-bond donors (Lipinski definition) is 1. The number of pyridine rings is 1. The number of fused-ring (bicyclic) bond motifs is 1. The Morgan fingerprint density at radius 3 is 2.64 bits per heavy atom. The van der Waals surface area contributed by atoms with Gasteiger partial charge >= 0.3 is 0 Å². The second-order valence-corrected chi connectivity index (χ2v) is 6.49. The summed E-state index contributed by atoms with van der Waals surface area (Å²) >= 11 is 0. The molecule has 5 nitrogen and oxygen atoms in total. The summed E-state index contributed by atoms with van der Waals surface area (Å²) in [5.74, 6) is 0.00307. The highest BCUT2D eigenvalue weighted by Crippen LogP contribution is 2.07. The normalized spacial score (nSPS) is 12.4. The fourth-order valence-electron chi connectivity index (χ4n) is 2.85. The molecule has 1 aromatic carbocycles. The summed E-state index contributed by atoms with van der Waals surface area (Å²) in [6, 6.07) is 16.4. The van der Waals surface area contributed by atoms with Crippen LogP contribution in [-0.4, -0.2) is 46.9 Å². The second-order valence-electron chi connectivity index (χ2n) is 6.49. The quantitative estimate of drug-likeness (QED) is 0.719. The first-order valence-electron chi connectivity index (χ1n) is 8.51. The zero-order valence-electron chi connectivity index (χ0n) is 14.7. The molecular formula is C20H24N4O. The van der Waals surface area contributed by atoms with Gasteiger partial charge in [0, 0.05) is 25.0 Å². The first kappa shape index (κ1) is 17.2. The third kappa shape index (κ3) is 4.67. The van der Waals surface area contributed by atoms with Gasteiger partial charge in [-0.05, 0) is 38.2 Å². The Morgan fingerprint density at radius 1 is 1.16 bits per heavy atom. The summed E-state index contributed by atoms with van der Waals surface area (Å²) in [5.41, 5.74) is 2.92. The molecule has 1 atom stereocenters. The van der Waals surface area contributed by atoms with Crippen molar-refractivity contribution in [1.82, 2.24) is 19.6 Å². The first-order chi connectivity index (χ1) is 12.1. The Balaban J connectivity index is 1.56. The van der Waals surface area contributed by atoms with Crippen molar-refractivity contribution in [3.63, 3.8) is 0 Å². The number of amides is 1. The van der Waals surface area contributed by atoms with Gasteiger partial charge in [0.05, 0.1) is 12.1 Å². The van der Waals surface area contributed by atoms with Gasteiger partial charge in [-0.2, -0.15) is 0 Å². The molecule has 25 heavy (non-hydrogen) atoms. The number of imidazole rings is 1. The highest BCUT2D eigenvalue weighted by atomic mass is 16.1. The Labute approximate surface area is 148 Å². The van der Waals surface area contributed by atoms with Crippen LogP contribution in [0.5, 0.6) is 0 Å². The van der Waals surface area contributed by atoms with Gasteiger partial charge in [-0.3, -0.25) is 4.79 Å². The van der Waals surface area contributed by atoms with Crippen LogP contribution in [0.2, 0.25) is 0 Å². The van der Waals surface area contributed by atoms with Crippen molar-refractivity contribution in [2.45, 2.75) is 18.9 Å². The maximum Gasteiger partial charge on any atom is 0.226 e. The standard InChI is InChI=1S/C20H24N4O/c1-23(2)18(12-16-8-4-3-5-9-16)14-21-20(25)13-17-15-24-11-7-6-10-19(24)22-17/h3-11,15,18H,12-14H2,1-2H3,(H,21,25). The second kappa shape index (κ2) is 7.94. The third-order valence-electron chi connectivity index (χ3n) is 4.33. The van der Waals surface area contributed by atoms with E-state index in [1.165, 1.54) is 5.56 Å². The minimum atomic E-state index is 0.00307. The lowest BCUT2D eigenvalue weighted by molar-refractivity contribution is -0.120. The minimum Gasteiger partial charge on any atom is -0.354 e. The molecule has 2 heterocycles. The number of likely N-dealkylation sites (N-methyl/N-ethyl adjacent to an activating group) is 1. The van der Waals surface area contributed by atoms with E-state index in [-0.39, 0.29) is 11.9 Å². The highest BCUT2D eigenvalue weighted by Gasteiger charge is 2.14. The van der Waals surface area contributed by atoms with E-state index in [1.54, 1.807) is 0 Å². The predicted octanol–water partition coefficient (Wildman–Crippen LogP) is 2.17. The first-order valence-corrected chi connectivity index (χ1v) is 8.51. The van der Waals surface area contributed by atoms with E-state index >= 15 is 0 Å². The van der Waals surface area contributed by atoms with Crippen molar-refractivity contribution in [2.75, 3.05) is 20.6 Å². The molecule has 0 aliphatic carbocycles. The maximum atomic E-state index is 12.3. The number of nitrogens with one attached hydrogen (secondary N) is 1. The van der Waals surface area contributed by atoms with E-state index in [0.29, 0.717) is 13.0 Å². The molecule has 0 fully saturated rings. The lowest BCUT2D eigenvalue weighted by atomic mass is 10.1. The van der Waals surface area contributed by atoms with Crippen LogP contribution < -0.4 is 5.32 Å². The van der Waals surface area contributed by atoms with Gasteiger partial charge < -0.3 is 14.6 Å². The van der Waals surface area contributed by atoms with E-state index in [9.17, 15) is 4.79 Å². The third-order valence-corrected chi connectivity index (χ3v) is 4.33. The topological polar surface area (TPSA) is 49.6 Å². The summed E-state index contributed by atoms with van der Waals surface area (Å²) in [7, 11) is 4.09. The Kier molecular flexibility index (Phi) is 5.46. The van der Waals surface area contributed by atoms with E-state index in [2.05, 4.69) is 27.3 Å². The number of rotatable bonds is 7. The Hall–Kier alpha value is -2.66. The van der Waals surface area contributed by atoms with Crippen LogP contribution in [-0.2, 0) is 17.6 Å². The van der Waals surface area contributed by atoms with E-state index in [4.69, 9.17) is 0 Å². The van der Waals surface area contributed by atoms with Crippen molar-refractivity contribution < 1.29 is 4.79 Å². The molecule has 0 aliphatic rings. The van der Waals surface area contributed by atoms with E-state index < -0.39 is 0 Å². The van der Waals surface area contributed by atoms with Crippen molar-refractivity contribution in [1.29, 1.82) is 0 Å². The number of nitrogens with zero attached hydrogens (tertiary/aromatic N) is 3. The number of hydrogen-bond acceptors (Lipinski definition) is 3. The molecule has 0 bridgehead atoms. The molecule has 0 saturated heterocycles. The zero-order valence-corrected chi connectivity index (χ0v) is 14.7. The monoisotopic (exact) mass is 336 g/mol. The molecule has 2 aromatic heterocycles. The summed E-state index contributed by atoms with van der Waals surface area (Å²) in [5, 5.41) is 3.05. The van der Waals surface area contributed by atoms with Crippen molar-refractivity contribution in [3.05, 3.63) is 72.2 Å². The number of carbonyl (C=O) groups excluding carboxylic acids is 1. The summed E-state index contributed by atoms with van der Waals surface area (Å²) in [6.45, 7) is 0.619. The van der Waals surface area contributed by atoms with Gasteiger partial charge in [0.25, 0.3) is 0 Å². The van der Waals surface area contributed by atoms with Gasteiger partial charge in [0.1, 0.15) is 5.65 Å². The molecule has 5 heteroatoms. The number of benzene rings is 1. The summed E-state index contributed by atoms with van der Waals surface area (Å²) < 4.78 is 1.93. The van der Waals surface area contributed by atoms with Crippen LogP contribution in [0, 0.1) is 0 Å². The minimum absolute atomic E-state index is 0.00307. The zero-order chi connectivity index (χ0) is 17.6. The van der Waals surface area contributed by atoms with Gasteiger partial charge in [0.2, 0.25) is 5.91 Å². The summed E-state index contributed by atoms with van der Waals surface area (Å²) in [6.07, 6.45) is 5.05. The van der Waals surface area contributed by atoms with Crippen molar-refractivity contribution >= 4 is 11.6 Å². The average molecular weight is 336 g/mol. The van der Waals surface area contributed by atoms with Gasteiger partial charge in [-0.25, -0.2) is 4.98 Å². The van der Waals surface area contributed by atoms with Crippen LogP contribution in [0.3, 0.4) is 0 Å². The summed E-state index contributed by atoms with van der Waals surface area (Å²) in [4.78, 5) is 18.9. The van der Waals surface area contributed by atoms with E-state index in [0.717, 1.165) is 17.8 Å². The maximum absolute atomic E-state index is 12.3. The Morgan fingerprint density at radius 2 is 1.92 bits per heavy atom. The van der Waals surface area contributed by atoms with Crippen LogP contribution >= 0.6 is 0 Å².